The quantitative estimate of drug-likeness (QED) is 0.871. The summed E-state index contributed by atoms with van der Waals surface area (Å²) in [4.78, 5) is 12.3. The van der Waals surface area contributed by atoms with E-state index in [1.165, 1.54) is 18.2 Å². The van der Waals surface area contributed by atoms with Crippen LogP contribution in [-0.2, 0) is 16.4 Å². The first-order valence-corrected chi connectivity index (χ1v) is 9.20. The standard InChI is InChI=1S/C16H16ClN3O3S/c1-10-8-11-4-2-3-5-14(11)20(10)19-16(21)13-7-6-12(17)9-15(13)24(18,22)23/h2-7,9-10H,8H2,1H3,(H,19,21)(H2,18,22,23). The Morgan fingerprint density at radius 3 is 2.71 bits per heavy atom. The van der Waals surface area contributed by atoms with Gasteiger partial charge in [0.25, 0.3) is 5.91 Å². The number of nitrogens with one attached hydrogen (secondary N) is 1. The number of sulfonamides is 1. The highest BCUT2D eigenvalue weighted by atomic mass is 35.5. The van der Waals surface area contributed by atoms with Gasteiger partial charge in [0, 0.05) is 5.02 Å². The van der Waals surface area contributed by atoms with Crippen molar-refractivity contribution in [1.29, 1.82) is 0 Å². The normalized spacial score (nSPS) is 16.8. The monoisotopic (exact) mass is 365 g/mol. The van der Waals surface area contributed by atoms with Gasteiger partial charge in [-0.1, -0.05) is 29.8 Å². The third kappa shape index (κ3) is 3.10. The Hall–Kier alpha value is -2.09. The van der Waals surface area contributed by atoms with Crippen molar-refractivity contribution in [2.24, 2.45) is 5.14 Å². The SMILES string of the molecule is CC1Cc2ccccc2N1NC(=O)c1ccc(Cl)cc1S(N)(=O)=O. The van der Waals surface area contributed by atoms with E-state index >= 15 is 0 Å². The largest absolute Gasteiger partial charge is 0.282 e. The average Bonchev–Trinajstić information content (AvgIpc) is 2.82. The molecule has 1 aliphatic heterocycles. The second kappa shape index (κ2) is 6.08. The third-order valence-electron chi connectivity index (χ3n) is 3.92. The summed E-state index contributed by atoms with van der Waals surface area (Å²) in [6.07, 6.45) is 0.791. The van der Waals surface area contributed by atoms with Crippen molar-refractivity contribution in [2.45, 2.75) is 24.3 Å². The fourth-order valence-electron chi connectivity index (χ4n) is 2.82. The number of carbonyl (C=O) groups excluding carboxylic acids is 1. The molecule has 1 atom stereocenters. The maximum atomic E-state index is 12.6. The fraction of sp³-hybridized carbons (Fsp3) is 0.188. The van der Waals surface area contributed by atoms with Gasteiger partial charge in [0.1, 0.15) is 0 Å². The van der Waals surface area contributed by atoms with Crippen LogP contribution in [0.5, 0.6) is 0 Å². The molecule has 2 aromatic rings. The van der Waals surface area contributed by atoms with Crippen molar-refractivity contribution >= 4 is 33.2 Å². The number of nitrogens with zero attached hydrogens (tertiary/aromatic N) is 1. The molecule has 1 unspecified atom stereocenters. The second-order valence-electron chi connectivity index (χ2n) is 5.68. The van der Waals surface area contributed by atoms with E-state index in [0.717, 1.165) is 17.7 Å². The van der Waals surface area contributed by atoms with Gasteiger partial charge in [-0.25, -0.2) is 13.6 Å². The lowest BCUT2D eigenvalue weighted by Crippen LogP contribution is -2.46. The summed E-state index contributed by atoms with van der Waals surface area (Å²) in [5.41, 5.74) is 4.73. The molecule has 0 saturated carbocycles. The Labute approximate surface area is 145 Å². The molecule has 6 nitrogen and oxygen atoms in total. The topological polar surface area (TPSA) is 92.5 Å². The molecule has 0 aliphatic carbocycles. The van der Waals surface area contributed by atoms with Gasteiger partial charge in [-0.3, -0.25) is 15.2 Å². The van der Waals surface area contributed by atoms with Crippen molar-refractivity contribution in [3.05, 3.63) is 58.6 Å². The summed E-state index contributed by atoms with van der Waals surface area (Å²) in [6, 6.07) is 11.8. The van der Waals surface area contributed by atoms with Crippen LogP contribution in [0.3, 0.4) is 0 Å². The zero-order valence-corrected chi connectivity index (χ0v) is 14.4. The van der Waals surface area contributed by atoms with Crippen LogP contribution in [-0.4, -0.2) is 20.4 Å². The van der Waals surface area contributed by atoms with Crippen LogP contribution in [0.2, 0.25) is 5.02 Å². The van der Waals surface area contributed by atoms with Crippen LogP contribution in [0, 0.1) is 0 Å². The highest BCUT2D eigenvalue weighted by molar-refractivity contribution is 7.89. The number of benzene rings is 2. The molecule has 2 aromatic carbocycles. The van der Waals surface area contributed by atoms with Gasteiger partial charge in [0.2, 0.25) is 10.0 Å². The molecule has 126 valence electrons. The predicted octanol–water partition coefficient (Wildman–Crippen LogP) is 2.08. The van der Waals surface area contributed by atoms with Crippen LogP contribution in [0.15, 0.2) is 47.4 Å². The number of anilines is 1. The number of para-hydroxylation sites is 1. The predicted molar refractivity (Wildman–Crippen MR) is 92.4 cm³/mol. The van der Waals surface area contributed by atoms with Gasteiger partial charge in [0.05, 0.1) is 22.2 Å². The number of nitrogens with two attached hydrogens (primary N) is 1. The smallest absolute Gasteiger partial charge is 0.271 e. The molecule has 1 heterocycles. The number of hydrogen-bond acceptors (Lipinski definition) is 4. The minimum Gasteiger partial charge on any atom is -0.282 e. The highest BCUT2D eigenvalue weighted by Crippen LogP contribution is 2.30. The van der Waals surface area contributed by atoms with Gasteiger partial charge < -0.3 is 0 Å². The zero-order chi connectivity index (χ0) is 17.5. The van der Waals surface area contributed by atoms with Crippen LogP contribution < -0.4 is 15.6 Å². The maximum Gasteiger partial charge on any atom is 0.271 e. The summed E-state index contributed by atoms with van der Waals surface area (Å²) in [5.74, 6) is -0.556. The van der Waals surface area contributed by atoms with Crippen molar-refractivity contribution in [3.63, 3.8) is 0 Å². The third-order valence-corrected chi connectivity index (χ3v) is 5.11. The second-order valence-corrected chi connectivity index (χ2v) is 7.64. The summed E-state index contributed by atoms with van der Waals surface area (Å²) < 4.78 is 23.5. The molecule has 3 N–H and O–H groups in total. The Balaban J connectivity index is 1.95. The van der Waals surface area contributed by atoms with Crippen LogP contribution >= 0.6 is 11.6 Å². The van der Waals surface area contributed by atoms with E-state index in [0.29, 0.717) is 0 Å². The van der Waals surface area contributed by atoms with Gasteiger partial charge in [-0.15, -0.1) is 0 Å². The number of fused-ring (bicyclic) bond motifs is 1. The molecule has 0 saturated heterocycles. The maximum absolute atomic E-state index is 12.6. The van der Waals surface area contributed by atoms with E-state index in [2.05, 4.69) is 5.43 Å². The number of carbonyl (C=O) groups is 1. The number of primary sulfonamides is 1. The van der Waals surface area contributed by atoms with Crippen molar-refractivity contribution < 1.29 is 13.2 Å². The summed E-state index contributed by atoms with van der Waals surface area (Å²) >= 11 is 5.83. The van der Waals surface area contributed by atoms with Gasteiger partial charge in [-0.2, -0.15) is 0 Å². The van der Waals surface area contributed by atoms with Crippen LogP contribution in [0.25, 0.3) is 0 Å². The van der Waals surface area contributed by atoms with E-state index < -0.39 is 15.9 Å². The van der Waals surface area contributed by atoms with Gasteiger partial charge >= 0.3 is 0 Å². The molecule has 1 amide bonds. The minimum absolute atomic E-state index is 0.0431. The highest BCUT2D eigenvalue weighted by Gasteiger charge is 2.28. The molecular formula is C16H16ClN3O3S. The van der Waals surface area contributed by atoms with E-state index in [9.17, 15) is 13.2 Å². The number of rotatable bonds is 3. The molecule has 24 heavy (non-hydrogen) atoms. The van der Waals surface area contributed by atoms with Crippen molar-refractivity contribution in [3.8, 4) is 0 Å². The Morgan fingerprint density at radius 1 is 1.29 bits per heavy atom. The Bertz CT molecular complexity index is 915. The van der Waals surface area contributed by atoms with E-state index in [4.69, 9.17) is 16.7 Å². The molecule has 0 bridgehead atoms. The number of halogens is 1. The van der Waals surface area contributed by atoms with Crippen molar-refractivity contribution in [1.82, 2.24) is 5.43 Å². The molecule has 3 rings (SSSR count). The van der Waals surface area contributed by atoms with E-state index in [-0.39, 0.29) is 21.5 Å². The Morgan fingerprint density at radius 2 is 2.00 bits per heavy atom. The summed E-state index contributed by atoms with van der Waals surface area (Å²) in [6.45, 7) is 1.97. The molecule has 1 aliphatic rings. The van der Waals surface area contributed by atoms with Crippen LogP contribution in [0.1, 0.15) is 22.8 Å². The molecule has 0 spiro atoms. The fourth-order valence-corrected chi connectivity index (χ4v) is 3.82. The van der Waals surface area contributed by atoms with Crippen molar-refractivity contribution in [2.75, 3.05) is 5.01 Å². The molecule has 0 radical (unpaired) electrons. The van der Waals surface area contributed by atoms with E-state index in [1.54, 1.807) is 5.01 Å². The Kier molecular flexibility index (Phi) is 4.25. The lowest BCUT2D eigenvalue weighted by molar-refractivity contribution is 0.0943. The number of hydrogen-bond donors (Lipinski definition) is 2. The zero-order valence-electron chi connectivity index (χ0n) is 12.9. The molecule has 8 heteroatoms. The van der Waals surface area contributed by atoms with Crippen LogP contribution in [0.4, 0.5) is 5.69 Å². The molecular weight excluding hydrogens is 350 g/mol. The molecule has 0 fully saturated rings. The molecule has 0 aromatic heterocycles. The first-order valence-electron chi connectivity index (χ1n) is 7.28. The minimum atomic E-state index is -4.07. The first-order chi connectivity index (χ1) is 11.3. The lowest BCUT2D eigenvalue weighted by Gasteiger charge is -2.25. The van der Waals surface area contributed by atoms with E-state index in [1.807, 2.05) is 31.2 Å². The van der Waals surface area contributed by atoms with Gasteiger partial charge in [0.15, 0.2) is 0 Å². The lowest BCUT2D eigenvalue weighted by atomic mass is 10.1. The first kappa shape index (κ1) is 16.8. The van der Waals surface area contributed by atoms with Gasteiger partial charge in [-0.05, 0) is 43.2 Å². The summed E-state index contributed by atoms with van der Waals surface area (Å²) in [5, 5.41) is 7.12. The number of hydrazine groups is 1. The average molecular weight is 366 g/mol. The summed E-state index contributed by atoms with van der Waals surface area (Å²) in [7, 11) is -4.07. The number of amides is 1.